The van der Waals surface area contributed by atoms with E-state index in [0.29, 0.717) is 36.4 Å². The first kappa shape index (κ1) is 21.9. The lowest BCUT2D eigenvalue weighted by Crippen LogP contribution is -2.47. The molecule has 150 valence electrons. The number of nitrogens with one attached hydrogen (secondary N) is 3. The number of halogens is 2. The van der Waals surface area contributed by atoms with Crippen LogP contribution in [0.4, 0.5) is 4.39 Å². The molecule has 2 bridgehead atoms. The van der Waals surface area contributed by atoms with E-state index in [1.807, 2.05) is 6.92 Å². The van der Waals surface area contributed by atoms with Crippen LogP contribution in [-0.4, -0.2) is 49.8 Å². The third kappa shape index (κ3) is 5.78. The molecule has 3 rings (SSSR count). The Morgan fingerprint density at radius 2 is 2.15 bits per heavy atom. The number of nitrogens with zero attached hydrogens (tertiary/aromatic N) is 1. The quantitative estimate of drug-likeness (QED) is 0.248. The van der Waals surface area contributed by atoms with Crippen molar-refractivity contribution < 1.29 is 13.9 Å². The average Bonchev–Trinajstić information content (AvgIpc) is 3.24. The molecule has 2 saturated heterocycles. The average molecular weight is 490 g/mol. The van der Waals surface area contributed by atoms with Crippen molar-refractivity contribution in [3.63, 3.8) is 0 Å². The highest BCUT2D eigenvalue weighted by Crippen LogP contribution is 2.34. The molecule has 0 aliphatic carbocycles. The van der Waals surface area contributed by atoms with Gasteiger partial charge in [0, 0.05) is 18.7 Å². The second kappa shape index (κ2) is 10.2. The van der Waals surface area contributed by atoms with Crippen LogP contribution in [-0.2, 0) is 4.74 Å². The van der Waals surface area contributed by atoms with E-state index in [9.17, 15) is 9.18 Å². The van der Waals surface area contributed by atoms with E-state index in [1.165, 1.54) is 6.07 Å². The fourth-order valence-electron chi connectivity index (χ4n) is 3.46. The molecular weight excluding hydrogens is 462 g/mol. The van der Waals surface area contributed by atoms with Crippen LogP contribution in [0, 0.1) is 12.7 Å². The summed E-state index contributed by atoms with van der Waals surface area (Å²) >= 11 is 0. The largest absolute Gasteiger partial charge is 0.373 e. The third-order valence-electron chi connectivity index (χ3n) is 4.87. The van der Waals surface area contributed by atoms with E-state index < -0.39 is 0 Å². The van der Waals surface area contributed by atoms with E-state index in [4.69, 9.17) is 4.74 Å². The predicted octanol–water partition coefficient (Wildman–Crippen LogP) is 2.36. The first-order valence-electron chi connectivity index (χ1n) is 9.31. The summed E-state index contributed by atoms with van der Waals surface area (Å²) in [5, 5.41) is 9.43. The minimum atomic E-state index is -0.373. The van der Waals surface area contributed by atoms with Gasteiger partial charge in [-0.1, -0.05) is 6.07 Å². The van der Waals surface area contributed by atoms with Gasteiger partial charge in [-0.25, -0.2) is 4.39 Å². The van der Waals surface area contributed by atoms with Crippen LogP contribution in [0.15, 0.2) is 23.2 Å². The minimum Gasteiger partial charge on any atom is -0.373 e. The van der Waals surface area contributed by atoms with Crippen LogP contribution in [0.5, 0.6) is 0 Å². The fourth-order valence-corrected chi connectivity index (χ4v) is 3.46. The number of benzene rings is 1. The molecule has 0 saturated carbocycles. The van der Waals surface area contributed by atoms with Gasteiger partial charge in [-0.3, -0.25) is 9.79 Å². The fraction of sp³-hybridized carbons (Fsp3) is 0.579. The smallest absolute Gasteiger partial charge is 0.251 e. The number of rotatable bonds is 6. The van der Waals surface area contributed by atoms with Gasteiger partial charge in [-0.15, -0.1) is 24.0 Å². The van der Waals surface area contributed by atoms with Gasteiger partial charge < -0.3 is 20.7 Å². The molecule has 1 amide bonds. The van der Waals surface area contributed by atoms with Crippen molar-refractivity contribution in [3.8, 4) is 0 Å². The first-order chi connectivity index (χ1) is 12.6. The summed E-state index contributed by atoms with van der Waals surface area (Å²) < 4.78 is 19.4. The van der Waals surface area contributed by atoms with Gasteiger partial charge >= 0.3 is 0 Å². The van der Waals surface area contributed by atoms with Crippen LogP contribution >= 0.6 is 24.0 Å². The summed E-state index contributed by atoms with van der Waals surface area (Å²) in [5.74, 6) is 0.0743. The first-order valence-corrected chi connectivity index (χ1v) is 9.31. The zero-order valence-corrected chi connectivity index (χ0v) is 18.1. The monoisotopic (exact) mass is 490 g/mol. The van der Waals surface area contributed by atoms with Gasteiger partial charge in [0.25, 0.3) is 5.91 Å². The molecule has 6 nitrogen and oxygen atoms in total. The number of guanidine groups is 1. The van der Waals surface area contributed by atoms with E-state index in [2.05, 4.69) is 20.9 Å². The molecule has 0 aromatic heterocycles. The second-order valence-electron chi connectivity index (χ2n) is 6.84. The van der Waals surface area contributed by atoms with Crippen LogP contribution in [0.1, 0.15) is 42.1 Å². The maximum Gasteiger partial charge on any atom is 0.251 e. The van der Waals surface area contributed by atoms with Crippen molar-refractivity contribution in [2.45, 2.75) is 51.4 Å². The Morgan fingerprint density at radius 1 is 1.33 bits per heavy atom. The number of amides is 1. The Morgan fingerprint density at radius 3 is 2.78 bits per heavy atom. The molecule has 2 fully saturated rings. The lowest BCUT2D eigenvalue weighted by Gasteiger charge is -2.22. The Labute approximate surface area is 176 Å². The van der Waals surface area contributed by atoms with Crippen molar-refractivity contribution in [2.24, 2.45) is 4.99 Å². The molecule has 2 aliphatic heterocycles. The molecule has 3 unspecified atom stereocenters. The molecule has 0 radical (unpaired) electrons. The lowest BCUT2D eigenvalue weighted by atomic mass is 9.96. The zero-order chi connectivity index (χ0) is 18.5. The van der Waals surface area contributed by atoms with Gasteiger partial charge in [-0.05, 0) is 50.8 Å². The van der Waals surface area contributed by atoms with Gasteiger partial charge in [0.1, 0.15) is 5.82 Å². The zero-order valence-electron chi connectivity index (χ0n) is 15.8. The van der Waals surface area contributed by atoms with Gasteiger partial charge in [0.2, 0.25) is 0 Å². The molecule has 0 spiro atoms. The Kier molecular flexibility index (Phi) is 8.28. The second-order valence-corrected chi connectivity index (χ2v) is 6.84. The lowest BCUT2D eigenvalue weighted by molar-refractivity contribution is 0.0954. The highest BCUT2D eigenvalue weighted by atomic mass is 127. The van der Waals surface area contributed by atoms with Crippen molar-refractivity contribution in [1.82, 2.24) is 16.0 Å². The molecule has 2 heterocycles. The number of aryl methyl sites for hydroxylation is 1. The Bertz CT molecular complexity index is 686. The van der Waals surface area contributed by atoms with Gasteiger partial charge in [0.15, 0.2) is 5.96 Å². The van der Waals surface area contributed by atoms with Crippen LogP contribution < -0.4 is 16.0 Å². The molecule has 3 N–H and O–H groups in total. The molecule has 2 aliphatic rings. The maximum atomic E-state index is 13.5. The molecular formula is C19H28FIN4O2. The molecule has 3 atom stereocenters. The highest BCUT2D eigenvalue weighted by Gasteiger charge is 2.41. The minimum absolute atomic E-state index is 0. The summed E-state index contributed by atoms with van der Waals surface area (Å²) in [6.45, 7) is 5.28. The topological polar surface area (TPSA) is 74.8 Å². The van der Waals surface area contributed by atoms with Gasteiger partial charge in [0.05, 0.1) is 24.8 Å². The number of hydrogen-bond acceptors (Lipinski definition) is 3. The number of hydrogen-bond donors (Lipinski definition) is 3. The van der Waals surface area contributed by atoms with Crippen LogP contribution in [0.2, 0.25) is 0 Å². The van der Waals surface area contributed by atoms with Crippen molar-refractivity contribution in [2.75, 3.05) is 19.6 Å². The van der Waals surface area contributed by atoms with E-state index in [-0.39, 0.29) is 41.8 Å². The third-order valence-corrected chi connectivity index (χ3v) is 4.87. The molecule has 1 aromatic carbocycles. The molecule has 27 heavy (non-hydrogen) atoms. The molecule has 8 heteroatoms. The SMILES string of the molecule is CCNC(=NCCNC(=O)c1ccc(C)c(F)c1)NC1CC2CCC1O2.I. The molecule has 1 aromatic rings. The predicted molar refractivity (Wildman–Crippen MR) is 114 cm³/mol. The van der Waals surface area contributed by atoms with Crippen LogP contribution in [0.3, 0.4) is 0 Å². The Hall–Kier alpha value is -1.42. The van der Waals surface area contributed by atoms with Crippen molar-refractivity contribution in [1.29, 1.82) is 0 Å². The number of carbonyl (C=O) groups is 1. The standard InChI is InChI=1S/C19H27FN4O2.HI/c1-3-21-19(24-16-11-14-6-7-17(16)26-14)23-9-8-22-18(25)13-5-4-12(2)15(20)10-13;/h4-5,10,14,16-17H,3,6-9,11H2,1-2H3,(H,22,25)(H2,21,23,24);1H. The van der Waals surface area contributed by atoms with E-state index in [0.717, 1.165) is 31.8 Å². The normalized spacial score (nSPS) is 23.7. The summed E-state index contributed by atoms with van der Waals surface area (Å²) in [6.07, 6.45) is 3.94. The summed E-state index contributed by atoms with van der Waals surface area (Å²) in [4.78, 5) is 16.6. The number of ether oxygens (including phenoxy) is 1. The van der Waals surface area contributed by atoms with Crippen molar-refractivity contribution in [3.05, 3.63) is 35.1 Å². The number of carbonyl (C=O) groups excluding carboxylic acids is 1. The van der Waals surface area contributed by atoms with Crippen LogP contribution in [0.25, 0.3) is 0 Å². The van der Waals surface area contributed by atoms with E-state index >= 15 is 0 Å². The summed E-state index contributed by atoms with van der Waals surface area (Å²) in [7, 11) is 0. The number of aliphatic imine (C=N–C) groups is 1. The summed E-state index contributed by atoms with van der Waals surface area (Å²) in [6, 6.07) is 4.79. The van der Waals surface area contributed by atoms with Gasteiger partial charge in [-0.2, -0.15) is 0 Å². The van der Waals surface area contributed by atoms with E-state index in [1.54, 1.807) is 19.1 Å². The van der Waals surface area contributed by atoms with Crippen molar-refractivity contribution >= 4 is 35.8 Å². The Balaban J connectivity index is 0.00000261. The summed E-state index contributed by atoms with van der Waals surface area (Å²) in [5.41, 5.74) is 0.846. The number of fused-ring (bicyclic) bond motifs is 2. The highest BCUT2D eigenvalue weighted by molar-refractivity contribution is 14.0. The maximum absolute atomic E-state index is 13.5.